The van der Waals surface area contributed by atoms with Crippen LogP contribution < -0.4 is 14.8 Å². The lowest BCUT2D eigenvalue weighted by Gasteiger charge is -2.17. The lowest BCUT2D eigenvalue weighted by molar-refractivity contribution is 0.0939. The third-order valence-corrected chi connectivity index (χ3v) is 3.69. The van der Waals surface area contributed by atoms with Gasteiger partial charge in [-0.2, -0.15) is 0 Å². The average molecular weight is 313 g/mol. The molecule has 2 aromatic carbocycles. The van der Waals surface area contributed by atoms with Gasteiger partial charge in [-0.25, -0.2) is 0 Å². The third kappa shape index (κ3) is 4.03. The summed E-state index contributed by atoms with van der Waals surface area (Å²) in [5.41, 5.74) is 2.52. The highest BCUT2D eigenvalue weighted by Crippen LogP contribution is 2.25. The van der Waals surface area contributed by atoms with Gasteiger partial charge in [0.15, 0.2) is 0 Å². The van der Waals surface area contributed by atoms with Gasteiger partial charge in [0, 0.05) is 11.1 Å². The molecule has 0 radical (unpaired) electrons. The van der Waals surface area contributed by atoms with Crippen molar-refractivity contribution in [2.75, 3.05) is 13.7 Å². The van der Waals surface area contributed by atoms with Gasteiger partial charge < -0.3 is 14.8 Å². The summed E-state index contributed by atoms with van der Waals surface area (Å²) in [6.07, 6.45) is 0. The molecule has 4 nitrogen and oxygen atoms in total. The van der Waals surface area contributed by atoms with Crippen LogP contribution in [0.5, 0.6) is 11.5 Å². The van der Waals surface area contributed by atoms with Crippen molar-refractivity contribution in [3.05, 3.63) is 59.2 Å². The lowest BCUT2D eigenvalue weighted by atomic mass is 10.1. The Morgan fingerprint density at radius 2 is 1.91 bits per heavy atom. The molecule has 122 valence electrons. The van der Waals surface area contributed by atoms with Crippen LogP contribution in [-0.4, -0.2) is 19.6 Å². The molecule has 2 aromatic rings. The van der Waals surface area contributed by atoms with Gasteiger partial charge in [-0.15, -0.1) is 0 Å². The van der Waals surface area contributed by atoms with E-state index in [0.717, 1.165) is 22.6 Å². The summed E-state index contributed by atoms with van der Waals surface area (Å²) in [6, 6.07) is 13.0. The van der Waals surface area contributed by atoms with E-state index in [9.17, 15) is 4.79 Å². The van der Waals surface area contributed by atoms with E-state index in [1.165, 1.54) is 0 Å². The molecule has 0 aliphatic carbocycles. The Kier molecular flexibility index (Phi) is 5.63. The summed E-state index contributed by atoms with van der Waals surface area (Å²) >= 11 is 0. The maximum atomic E-state index is 12.5. The van der Waals surface area contributed by atoms with Crippen LogP contribution in [0.4, 0.5) is 0 Å². The molecule has 23 heavy (non-hydrogen) atoms. The average Bonchev–Trinajstić information content (AvgIpc) is 2.56. The molecule has 0 saturated carbocycles. The van der Waals surface area contributed by atoms with Crippen LogP contribution in [0.15, 0.2) is 42.5 Å². The minimum Gasteiger partial charge on any atom is -0.496 e. The van der Waals surface area contributed by atoms with Gasteiger partial charge in [0.25, 0.3) is 5.91 Å². The number of nitrogens with one attached hydrogen (secondary N) is 1. The Morgan fingerprint density at radius 3 is 2.57 bits per heavy atom. The number of carbonyl (C=O) groups is 1. The minimum atomic E-state index is -0.148. The van der Waals surface area contributed by atoms with Crippen LogP contribution in [0.2, 0.25) is 0 Å². The first-order valence-corrected chi connectivity index (χ1v) is 7.74. The number of benzene rings is 2. The van der Waals surface area contributed by atoms with Gasteiger partial charge in [0.1, 0.15) is 11.5 Å². The SMILES string of the molecule is CCOc1ccc(C(=O)N[C@@H](C)c2ccccc2OC)cc1C. The van der Waals surface area contributed by atoms with E-state index in [1.807, 2.05) is 57.2 Å². The molecule has 0 unspecified atom stereocenters. The monoisotopic (exact) mass is 313 g/mol. The predicted octanol–water partition coefficient (Wildman–Crippen LogP) is 3.89. The number of methoxy groups -OCH3 is 1. The van der Waals surface area contributed by atoms with Crippen molar-refractivity contribution in [2.45, 2.75) is 26.8 Å². The molecule has 0 heterocycles. The second kappa shape index (κ2) is 7.68. The van der Waals surface area contributed by atoms with Crippen LogP contribution in [0.3, 0.4) is 0 Å². The fraction of sp³-hybridized carbons (Fsp3) is 0.316. The molecule has 0 aromatic heterocycles. The number of ether oxygens (including phenoxy) is 2. The maximum absolute atomic E-state index is 12.5. The van der Waals surface area contributed by atoms with Crippen LogP contribution in [0.1, 0.15) is 41.4 Å². The third-order valence-electron chi connectivity index (χ3n) is 3.69. The van der Waals surface area contributed by atoms with E-state index in [1.54, 1.807) is 13.2 Å². The van der Waals surface area contributed by atoms with Crippen LogP contribution >= 0.6 is 0 Å². The van der Waals surface area contributed by atoms with E-state index in [2.05, 4.69) is 5.32 Å². The smallest absolute Gasteiger partial charge is 0.251 e. The van der Waals surface area contributed by atoms with Gasteiger partial charge in [-0.05, 0) is 50.6 Å². The number of para-hydroxylation sites is 1. The first kappa shape index (κ1) is 16.9. The van der Waals surface area contributed by atoms with Gasteiger partial charge in [-0.1, -0.05) is 18.2 Å². The zero-order valence-corrected chi connectivity index (χ0v) is 14.1. The summed E-state index contributed by atoms with van der Waals surface area (Å²) in [5.74, 6) is 1.46. The molecule has 0 bridgehead atoms. The van der Waals surface area contributed by atoms with Gasteiger partial charge in [0.2, 0.25) is 0 Å². The number of amides is 1. The molecule has 1 amide bonds. The lowest BCUT2D eigenvalue weighted by Crippen LogP contribution is -2.27. The quantitative estimate of drug-likeness (QED) is 0.880. The zero-order chi connectivity index (χ0) is 16.8. The number of hydrogen-bond acceptors (Lipinski definition) is 3. The molecule has 1 N–H and O–H groups in total. The number of rotatable bonds is 6. The molecule has 1 atom stereocenters. The van der Waals surface area contributed by atoms with Crippen LogP contribution in [0, 0.1) is 6.92 Å². The second-order valence-corrected chi connectivity index (χ2v) is 5.35. The highest BCUT2D eigenvalue weighted by molar-refractivity contribution is 5.94. The molecule has 0 fully saturated rings. The van der Waals surface area contributed by atoms with Crippen molar-refractivity contribution in [1.82, 2.24) is 5.32 Å². The summed E-state index contributed by atoms with van der Waals surface area (Å²) in [4.78, 5) is 12.5. The Morgan fingerprint density at radius 1 is 1.17 bits per heavy atom. The van der Waals surface area contributed by atoms with Gasteiger partial charge >= 0.3 is 0 Å². The van der Waals surface area contributed by atoms with Crippen molar-refractivity contribution in [3.8, 4) is 11.5 Å². The van der Waals surface area contributed by atoms with Gasteiger partial charge in [-0.3, -0.25) is 4.79 Å². The second-order valence-electron chi connectivity index (χ2n) is 5.35. The first-order chi connectivity index (χ1) is 11.1. The number of hydrogen-bond donors (Lipinski definition) is 1. The van der Waals surface area contributed by atoms with E-state index in [4.69, 9.17) is 9.47 Å². The van der Waals surface area contributed by atoms with Crippen LogP contribution in [-0.2, 0) is 0 Å². The van der Waals surface area contributed by atoms with E-state index < -0.39 is 0 Å². The largest absolute Gasteiger partial charge is 0.496 e. The Bertz CT molecular complexity index is 682. The fourth-order valence-corrected chi connectivity index (χ4v) is 2.49. The van der Waals surface area contributed by atoms with E-state index in [-0.39, 0.29) is 11.9 Å². The zero-order valence-electron chi connectivity index (χ0n) is 14.1. The summed E-state index contributed by atoms with van der Waals surface area (Å²) in [5, 5.41) is 3.01. The van der Waals surface area contributed by atoms with E-state index in [0.29, 0.717) is 12.2 Å². The predicted molar refractivity (Wildman–Crippen MR) is 91.2 cm³/mol. The molecular formula is C19H23NO3. The van der Waals surface area contributed by atoms with Gasteiger partial charge in [0.05, 0.1) is 19.8 Å². The Hall–Kier alpha value is -2.49. The van der Waals surface area contributed by atoms with Crippen molar-refractivity contribution in [1.29, 1.82) is 0 Å². The summed E-state index contributed by atoms with van der Waals surface area (Å²) in [6.45, 7) is 6.43. The fourth-order valence-electron chi connectivity index (χ4n) is 2.49. The number of carbonyl (C=O) groups excluding carboxylic acids is 1. The first-order valence-electron chi connectivity index (χ1n) is 7.74. The number of aryl methyl sites for hydroxylation is 1. The van der Waals surface area contributed by atoms with Crippen molar-refractivity contribution in [3.63, 3.8) is 0 Å². The Balaban J connectivity index is 2.13. The standard InChI is InChI=1S/C19H23NO3/c1-5-23-17-11-10-15(12-13(17)2)19(21)20-14(3)16-8-6-7-9-18(16)22-4/h6-12,14H,5H2,1-4H3,(H,20,21)/t14-/m0/s1. The maximum Gasteiger partial charge on any atom is 0.251 e. The highest BCUT2D eigenvalue weighted by atomic mass is 16.5. The normalized spacial score (nSPS) is 11.7. The van der Waals surface area contributed by atoms with Crippen molar-refractivity contribution < 1.29 is 14.3 Å². The molecule has 0 spiro atoms. The van der Waals surface area contributed by atoms with E-state index >= 15 is 0 Å². The van der Waals surface area contributed by atoms with Crippen molar-refractivity contribution >= 4 is 5.91 Å². The van der Waals surface area contributed by atoms with Crippen molar-refractivity contribution in [2.24, 2.45) is 0 Å². The Labute approximate surface area is 137 Å². The highest BCUT2D eigenvalue weighted by Gasteiger charge is 2.15. The molecule has 2 rings (SSSR count). The molecule has 0 aliphatic heterocycles. The molecular weight excluding hydrogens is 290 g/mol. The molecule has 0 saturated heterocycles. The van der Waals surface area contributed by atoms with Crippen LogP contribution in [0.25, 0.3) is 0 Å². The molecule has 4 heteroatoms. The minimum absolute atomic E-state index is 0.116. The summed E-state index contributed by atoms with van der Waals surface area (Å²) in [7, 11) is 1.63. The topological polar surface area (TPSA) is 47.6 Å². The molecule has 0 aliphatic rings. The summed E-state index contributed by atoms with van der Waals surface area (Å²) < 4.78 is 10.9.